The number of rotatable bonds is 4. The van der Waals surface area contributed by atoms with E-state index in [4.69, 9.17) is 0 Å². The maximum absolute atomic E-state index is 13.5. The first-order chi connectivity index (χ1) is 8.22. The molecule has 0 atom stereocenters. The molecule has 0 aromatic carbocycles. The Kier molecular flexibility index (Phi) is 3.32. The van der Waals surface area contributed by atoms with E-state index in [0.29, 0.717) is 6.54 Å². The summed E-state index contributed by atoms with van der Waals surface area (Å²) < 4.78 is 28.2. The molecule has 0 fully saturated rings. The molecule has 90 valence electrons. The topological polar surface area (TPSA) is 42.7 Å². The van der Waals surface area contributed by atoms with Crippen LogP contribution in [0.5, 0.6) is 0 Å². The summed E-state index contributed by atoms with van der Waals surface area (Å²) in [5.74, 6) is -1.42. The minimum absolute atomic E-state index is 0.0185. The van der Waals surface area contributed by atoms with E-state index >= 15 is 0 Å². The summed E-state index contributed by atoms with van der Waals surface area (Å²) in [5, 5.41) is 6.66. The summed E-state index contributed by atoms with van der Waals surface area (Å²) >= 11 is 0. The van der Waals surface area contributed by atoms with Gasteiger partial charge in [0.05, 0.1) is 0 Å². The zero-order valence-electron chi connectivity index (χ0n) is 9.32. The molecule has 2 aromatic rings. The second-order valence-corrected chi connectivity index (χ2v) is 3.50. The summed E-state index contributed by atoms with van der Waals surface area (Å²) in [6.45, 7) is 2.52. The van der Waals surface area contributed by atoms with Crippen LogP contribution in [-0.2, 0) is 0 Å². The number of anilines is 1. The highest BCUT2D eigenvalue weighted by Crippen LogP contribution is 2.17. The SMILES string of the molecule is CCCNc1nc(-n2cccn2)c(F)cc1F. The van der Waals surface area contributed by atoms with Crippen LogP contribution in [0, 0.1) is 11.6 Å². The highest BCUT2D eigenvalue weighted by molar-refractivity contribution is 5.42. The van der Waals surface area contributed by atoms with Gasteiger partial charge in [-0.25, -0.2) is 18.4 Å². The third kappa shape index (κ3) is 2.41. The molecule has 0 spiro atoms. The molecule has 0 amide bonds. The highest BCUT2D eigenvalue weighted by atomic mass is 19.1. The van der Waals surface area contributed by atoms with Gasteiger partial charge in [0.2, 0.25) is 0 Å². The lowest BCUT2D eigenvalue weighted by Crippen LogP contribution is -2.09. The van der Waals surface area contributed by atoms with Gasteiger partial charge >= 0.3 is 0 Å². The van der Waals surface area contributed by atoms with Gasteiger partial charge in [0, 0.05) is 25.0 Å². The number of nitrogens with zero attached hydrogens (tertiary/aromatic N) is 3. The van der Waals surface area contributed by atoms with Crippen LogP contribution in [0.1, 0.15) is 13.3 Å². The van der Waals surface area contributed by atoms with Crippen molar-refractivity contribution >= 4 is 5.82 Å². The Bertz CT molecular complexity index is 496. The van der Waals surface area contributed by atoms with Crippen molar-refractivity contribution in [1.82, 2.24) is 14.8 Å². The maximum Gasteiger partial charge on any atom is 0.191 e. The lowest BCUT2D eigenvalue weighted by atomic mass is 10.4. The lowest BCUT2D eigenvalue weighted by Gasteiger charge is -2.08. The fraction of sp³-hybridized carbons (Fsp3) is 0.273. The van der Waals surface area contributed by atoms with E-state index in [-0.39, 0.29) is 11.6 Å². The van der Waals surface area contributed by atoms with Gasteiger partial charge in [-0.05, 0) is 12.5 Å². The van der Waals surface area contributed by atoms with Crippen molar-refractivity contribution in [2.45, 2.75) is 13.3 Å². The van der Waals surface area contributed by atoms with Crippen molar-refractivity contribution in [3.63, 3.8) is 0 Å². The van der Waals surface area contributed by atoms with Crippen molar-refractivity contribution in [2.75, 3.05) is 11.9 Å². The fourth-order valence-electron chi connectivity index (χ4n) is 1.38. The van der Waals surface area contributed by atoms with Gasteiger partial charge in [-0.2, -0.15) is 5.10 Å². The van der Waals surface area contributed by atoms with Crippen LogP contribution in [0.2, 0.25) is 0 Å². The second kappa shape index (κ2) is 4.90. The van der Waals surface area contributed by atoms with Gasteiger partial charge < -0.3 is 5.32 Å². The average molecular weight is 238 g/mol. The standard InChI is InChI=1S/C11H12F2N4/c1-2-4-14-10-8(12)7-9(13)11(16-10)17-6-3-5-15-17/h3,5-7H,2,4H2,1H3,(H,14,16). The largest absolute Gasteiger partial charge is 0.368 e. The molecule has 1 N–H and O–H groups in total. The first-order valence-corrected chi connectivity index (χ1v) is 5.32. The van der Waals surface area contributed by atoms with Crippen LogP contribution in [0.4, 0.5) is 14.6 Å². The summed E-state index contributed by atoms with van der Waals surface area (Å²) in [4.78, 5) is 3.89. The van der Waals surface area contributed by atoms with Crippen LogP contribution < -0.4 is 5.32 Å². The second-order valence-electron chi connectivity index (χ2n) is 3.50. The molecule has 0 aliphatic heterocycles. The first-order valence-electron chi connectivity index (χ1n) is 5.32. The van der Waals surface area contributed by atoms with E-state index in [1.807, 2.05) is 6.92 Å². The molecule has 0 bridgehead atoms. The summed E-state index contributed by atoms with van der Waals surface area (Å²) in [7, 11) is 0. The van der Waals surface area contributed by atoms with Gasteiger partial charge in [-0.3, -0.25) is 0 Å². The van der Waals surface area contributed by atoms with Crippen LogP contribution in [0.3, 0.4) is 0 Å². The Morgan fingerprint density at radius 3 is 2.82 bits per heavy atom. The van der Waals surface area contributed by atoms with Crippen LogP contribution >= 0.6 is 0 Å². The minimum atomic E-state index is -0.742. The highest BCUT2D eigenvalue weighted by Gasteiger charge is 2.13. The molecule has 0 radical (unpaired) electrons. The molecule has 2 heterocycles. The zero-order valence-corrected chi connectivity index (χ0v) is 9.32. The molecular weight excluding hydrogens is 226 g/mol. The van der Waals surface area contributed by atoms with Gasteiger partial charge in [-0.1, -0.05) is 6.92 Å². The Labute approximate surface area is 97.3 Å². The summed E-state index contributed by atoms with van der Waals surface area (Å²) in [5.41, 5.74) is 0. The van der Waals surface area contributed by atoms with Gasteiger partial charge in [0.25, 0.3) is 0 Å². The van der Waals surface area contributed by atoms with Gasteiger partial charge in [0.1, 0.15) is 0 Å². The Hall–Kier alpha value is -1.98. The quantitative estimate of drug-likeness (QED) is 0.889. The number of hydrogen-bond acceptors (Lipinski definition) is 3. The summed E-state index contributed by atoms with van der Waals surface area (Å²) in [6, 6.07) is 2.45. The Morgan fingerprint density at radius 1 is 1.35 bits per heavy atom. The molecular formula is C11H12F2N4. The molecule has 0 unspecified atom stereocenters. The molecule has 2 rings (SSSR count). The molecule has 0 aliphatic carbocycles. The predicted molar refractivity (Wildman–Crippen MR) is 60.1 cm³/mol. The summed E-state index contributed by atoms with van der Waals surface area (Å²) in [6.07, 6.45) is 3.88. The van der Waals surface area contributed by atoms with Crippen molar-refractivity contribution in [3.05, 3.63) is 36.2 Å². The van der Waals surface area contributed by atoms with Crippen LogP contribution in [-0.4, -0.2) is 21.3 Å². The van der Waals surface area contributed by atoms with Gasteiger partial charge in [-0.15, -0.1) is 0 Å². The number of pyridine rings is 1. The van der Waals surface area contributed by atoms with Crippen molar-refractivity contribution in [1.29, 1.82) is 0 Å². The minimum Gasteiger partial charge on any atom is -0.368 e. The first kappa shape index (κ1) is 11.5. The third-order valence-corrected chi connectivity index (χ3v) is 2.17. The Balaban J connectivity index is 2.39. The van der Waals surface area contributed by atoms with Crippen molar-refractivity contribution < 1.29 is 8.78 Å². The maximum atomic E-state index is 13.5. The van der Waals surface area contributed by atoms with Gasteiger partial charge in [0.15, 0.2) is 23.3 Å². The monoisotopic (exact) mass is 238 g/mol. The molecule has 0 saturated carbocycles. The number of aromatic nitrogens is 3. The van der Waals surface area contributed by atoms with E-state index in [1.54, 1.807) is 12.3 Å². The van der Waals surface area contributed by atoms with E-state index < -0.39 is 11.6 Å². The molecule has 4 nitrogen and oxygen atoms in total. The van der Waals surface area contributed by atoms with Crippen molar-refractivity contribution in [2.24, 2.45) is 0 Å². The number of halogens is 2. The molecule has 0 saturated heterocycles. The molecule has 2 aromatic heterocycles. The number of nitrogens with one attached hydrogen (secondary N) is 1. The lowest BCUT2D eigenvalue weighted by molar-refractivity contribution is 0.562. The molecule has 0 aliphatic rings. The average Bonchev–Trinajstić information content (AvgIpc) is 2.81. The molecule has 6 heteroatoms. The van der Waals surface area contributed by atoms with E-state index in [9.17, 15) is 8.78 Å². The van der Waals surface area contributed by atoms with E-state index in [0.717, 1.165) is 12.5 Å². The fourth-order valence-corrected chi connectivity index (χ4v) is 1.38. The normalized spacial score (nSPS) is 10.5. The third-order valence-electron chi connectivity index (χ3n) is 2.17. The van der Waals surface area contributed by atoms with Crippen molar-refractivity contribution in [3.8, 4) is 5.82 Å². The molecule has 17 heavy (non-hydrogen) atoms. The Morgan fingerprint density at radius 2 is 2.18 bits per heavy atom. The van der Waals surface area contributed by atoms with Crippen LogP contribution in [0.25, 0.3) is 5.82 Å². The van der Waals surface area contributed by atoms with E-state index in [1.165, 1.54) is 10.9 Å². The van der Waals surface area contributed by atoms with Crippen LogP contribution in [0.15, 0.2) is 24.5 Å². The number of hydrogen-bond donors (Lipinski definition) is 1. The zero-order chi connectivity index (χ0) is 12.3. The predicted octanol–water partition coefficient (Wildman–Crippen LogP) is 2.37. The smallest absolute Gasteiger partial charge is 0.191 e. The van der Waals surface area contributed by atoms with E-state index in [2.05, 4.69) is 15.4 Å².